The van der Waals surface area contributed by atoms with Crippen LogP contribution in [0.3, 0.4) is 0 Å². The van der Waals surface area contributed by atoms with Crippen molar-refractivity contribution >= 4 is 35.3 Å². The van der Waals surface area contributed by atoms with E-state index < -0.39 is 64.9 Å². The number of nitrogens with one attached hydrogen (secondary N) is 4. The Labute approximate surface area is 290 Å². The summed E-state index contributed by atoms with van der Waals surface area (Å²) in [7, 11) is 0. The van der Waals surface area contributed by atoms with E-state index in [9.17, 15) is 28.8 Å². The molecule has 49 heavy (non-hydrogen) atoms. The molecular formula is C36H57N7O6. The Morgan fingerprint density at radius 3 is 2.20 bits per heavy atom. The summed E-state index contributed by atoms with van der Waals surface area (Å²) in [6.45, 7) is 17.2. The van der Waals surface area contributed by atoms with E-state index in [1.165, 1.54) is 18.6 Å². The molecule has 1 aliphatic carbocycles. The number of rotatable bonds is 15. The summed E-state index contributed by atoms with van der Waals surface area (Å²) in [5, 5.41) is 11.3. The number of amides is 5. The molecule has 2 fully saturated rings. The quantitative estimate of drug-likeness (QED) is 0.204. The first kappa shape index (κ1) is 39.5. The Kier molecular flexibility index (Phi) is 13.8. The lowest BCUT2D eigenvalue weighted by atomic mass is 9.84. The number of likely N-dealkylation sites (tertiary alicyclic amines) is 1. The van der Waals surface area contributed by atoms with Crippen molar-refractivity contribution in [1.29, 1.82) is 0 Å². The highest BCUT2D eigenvalue weighted by molar-refractivity contribution is 6.38. The molecule has 0 bridgehead atoms. The maximum atomic E-state index is 14.5. The predicted molar refractivity (Wildman–Crippen MR) is 185 cm³/mol. The highest BCUT2D eigenvalue weighted by Crippen LogP contribution is 2.43. The summed E-state index contributed by atoms with van der Waals surface area (Å²) in [5.74, 6) is -3.54. The Bertz CT molecular complexity index is 1350. The molecule has 13 heteroatoms. The molecule has 5 amide bonds. The average molecular weight is 684 g/mol. The number of hydrogen-bond acceptors (Lipinski definition) is 8. The molecule has 0 aromatic carbocycles. The second-order valence-corrected chi connectivity index (χ2v) is 15.2. The average Bonchev–Trinajstić information content (AvgIpc) is 3.66. The molecule has 13 nitrogen and oxygen atoms in total. The molecule has 1 aliphatic heterocycles. The molecule has 0 radical (unpaired) electrons. The molecule has 4 N–H and O–H groups in total. The zero-order valence-corrected chi connectivity index (χ0v) is 30.7. The second-order valence-electron chi connectivity index (χ2n) is 15.2. The van der Waals surface area contributed by atoms with Gasteiger partial charge in [-0.15, -0.1) is 0 Å². The lowest BCUT2D eigenvalue weighted by Gasteiger charge is -2.37. The van der Waals surface area contributed by atoms with Gasteiger partial charge in [0.05, 0.1) is 12.2 Å². The van der Waals surface area contributed by atoms with Gasteiger partial charge in [-0.3, -0.25) is 33.8 Å². The van der Waals surface area contributed by atoms with E-state index in [0.717, 1.165) is 19.3 Å². The Morgan fingerprint density at radius 2 is 1.63 bits per heavy atom. The van der Waals surface area contributed by atoms with E-state index in [4.69, 9.17) is 0 Å². The summed E-state index contributed by atoms with van der Waals surface area (Å²) in [6, 6.07) is -4.08. The number of fused-ring (bicyclic) bond motifs is 1. The third kappa shape index (κ3) is 9.85. The first-order chi connectivity index (χ1) is 23.0. The van der Waals surface area contributed by atoms with Crippen molar-refractivity contribution in [2.45, 2.75) is 131 Å². The first-order valence-electron chi connectivity index (χ1n) is 17.8. The molecular weight excluding hydrogens is 626 g/mol. The number of Topliss-reactive ketones (excluding diaryl/α,β-unsaturated/α-hetero) is 1. The van der Waals surface area contributed by atoms with Gasteiger partial charge in [0.15, 0.2) is 0 Å². The lowest BCUT2D eigenvalue weighted by molar-refractivity contribution is -0.146. The van der Waals surface area contributed by atoms with E-state index in [1.54, 1.807) is 4.90 Å². The Hall–Kier alpha value is -3.90. The van der Waals surface area contributed by atoms with Crippen LogP contribution in [-0.4, -0.2) is 86.9 Å². The summed E-state index contributed by atoms with van der Waals surface area (Å²) in [4.78, 5) is 91.1. The zero-order chi connectivity index (χ0) is 36.6. The molecule has 1 saturated heterocycles. The van der Waals surface area contributed by atoms with Gasteiger partial charge in [0.2, 0.25) is 23.5 Å². The fourth-order valence-corrected chi connectivity index (χ4v) is 6.67. The smallest absolute Gasteiger partial charge is 0.289 e. The maximum Gasteiger partial charge on any atom is 0.289 e. The summed E-state index contributed by atoms with van der Waals surface area (Å²) < 4.78 is 0. The van der Waals surface area contributed by atoms with E-state index in [0.29, 0.717) is 19.4 Å². The Balaban J connectivity index is 1.86. The summed E-state index contributed by atoms with van der Waals surface area (Å²) >= 11 is 0. The van der Waals surface area contributed by atoms with E-state index in [2.05, 4.69) is 31.2 Å². The van der Waals surface area contributed by atoms with Gasteiger partial charge in [-0.25, -0.2) is 4.98 Å². The van der Waals surface area contributed by atoms with Gasteiger partial charge in [0.25, 0.3) is 11.8 Å². The fraction of sp³-hybridized carbons (Fsp3) is 0.722. The molecule has 0 spiro atoms. The van der Waals surface area contributed by atoms with Crippen LogP contribution in [0.5, 0.6) is 0 Å². The van der Waals surface area contributed by atoms with Crippen LogP contribution in [0.15, 0.2) is 18.6 Å². The maximum absolute atomic E-state index is 14.5. The minimum atomic E-state index is -1.03. The topological polar surface area (TPSA) is 180 Å². The number of ketones is 1. The van der Waals surface area contributed by atoms with Crippen LogP contribution >= 0.6 is 0 Å². The summed E-state index contributed by atoms with van der Waals surface area (Å²) in [5.41, 5.74) is -0.692. The monoisotopic (exact) mass is 683 g/mol. The van der Waals surface area contributed by atoms with Crippen LogP contribution in [0.2, 0.25) is 0 Å². The number of aromatic nitrogens is 2. The van der Waals surface area contributed by atoms with Gasteiger partial charge in [0.1, 0.15) is 23.8 Å². The highest BCUT2D eigenvalue weighted by atomic mass is 16.2. The van der Waals surface area contributed by atoms with Gasteiger partial charge in [-0.05, 0) is 55.3 Å². The van der Waals surface area contributed by atoms with Crippen molar-refractivity contribution < 1.29 is 28.8 Å². The van der Waals surface area contributed by atoms with Crippen LogP contribution in [0.1, 0.15) is 111 Å². The van der Waals surface area contributed by atoms with Crippen LogP contribution in [0.25, 0.3) is 0 Å². The standard InChI is InChI=1S/C36H57N7O6/c1-10-13-25(29(44)34(48)39-22(6)20(3)4)40-33(47)28-24-15-12-14-23(24)19-43(28)35(49)30(36(7,8)9)42-32(46)27(21(5)11-2)41-31(45)26-18-37-16-17-38-26/h16-18,20-25,27-28,30H,10-15,19H2,1-9H3,(H,39,48)(H,40,47)(H,41,45)(H,42,46)/t21?,22-,23-,24-,25-,27-,28-,30+/m0/s1. The molecule has 2 aliphatic rings. The molecule has 1 aromatic heterocycles. The number of carbonyl (C=O) groups is 6. The molecule has 1 unspecified atom stereocenters. The SMILES string of the molecule is CCC[C@H](NC(=O)[C@@H]1[C@H]2CCC[C@H]2CN1C(=O)[C@@H](NC(=O)[C@@H](NC(=O)c1cnccn1)C(C)CC)C(C)(C)C)C(=O)C(=O)N[C@@H](C)C(C)C. The minimum absolute atomic E-state index is 0.0660. The van der Waals surface area contributed by atoms with Crippen LogP contribution < -0.4 is 21.3 Å². The van der Waals surface area contributed by atoms with Crippen molar-refractivity contribution in [1.82, 2.24) is 36.1 Å². The molecule has 3 rings (SSSR count). The largest absolute Gasteiger partial charge is 0.347 e. The predicted octanol–water partition coefficient (Wildman–Crippen LogP) is 2.79. The van der Waals surface area contributed by atoms with Gasteiger partial charge in [-0.1, -0.05) is 74.7 Å². The minimum Gasteiger partial charge on any atom is -0.347 e. The first-order valence-corrected chi connectivity index (χ1v) is 17.8. The van der Waals surface area contributed by atoms with Crippen LogP contribution in [-0.2, 0) is 24.0 Å². The van der Waals surface area contributed by atoms with Crippen LogP contribution in [0, 0.1) is 29.1 Å². The van der Waals surface area contributed by atoms with E-state index in [-0.39, 0.29) is 41.8 Å². The van der Waals surface area contributed by atoms with Gasteiger partial charge in [-0.2, -0.15) is 0 Å². The van der Waals surface area contributed by atoms with Crippen molar-refractivity contribution in [3.63, 3.8) is 0 Å². The molecule has 1 aromatic rings. The Morgan fingerprint density at radius 1 is 0.939 bits per heavy atom. The van der Waals surface area contributed by atoms with Crippen LogP contribution in [0.4, 0.5) is 0 Å². The summed E-state index contributed by atoms with van der Waals surface area (Å²) in [6.07, 6.45) is 8.11. The van der Waals surface area contributed by atoms with E-state index >= 15 is 0 Å². The van der Waals surface area contributed by atoms with Crippen molar-refractivity contribution in [3.8, 4) is 0 Å². The van der Waals surface area contributed by atoms with Gasteiger partial charge >= 0.3 is 0 Å². The second kappa shape index (κ2) is 17.2. The van der Waals surface area contributed by atoms with Gasteiger partial charge in [0, 0.05) is 25.0 Å². The highest BCUT2D eigenvalue weighted by Gasteiger charge is 2.52. The zero-order valence-electron chi connectivity index (χ0n) is 30.7. The number of hydrogen-bond donors (Lipinski definition) is 4. The lowest BCUT2D eigenvalue weighted by Crippen LogP contribution is -2.62. The third-order valence-corrected chi connectivity index (χ3v) is 10.2. The number of nitrogens with zero attached hydrogens (tertiary/aromatic N) is 3. The number of carbonyl (C=O) groups excluding carboxylic acids is 6. The normalized spacial score (nSPS) is 21.9. The fourth-order valence-electron chi connectivity index (χ4n) is 6.67. The molecule has 272 valence electrons. The van der Waals surface area contributed by atoms with E-state index in [1.807, 2.05) is 62.3 Å². The molecule has 2 heterocycles. The third-order valence-electron chi connectivity index (χ3n) is 10.2. The van der Waals surface area contributed by atoms with Crippen molar-refractivity contribution in [2.75, 3.05) is 6.54 Å². The van der Waals surface area contributed by atoms with Crippen molar-refractivity contribution in [3.05, 3.63) is 24.3 Å². The van der Waals surface area contributed by atoms with Crippen molar-refractivity contribution in [2.24, 2.45) is 29.1 Å². The molecule has 8 atom stereocenters. The van der Waals surface area contributed by atoms with Gasteiger partial charge < -0.3 is 26.2 Å². The molecule has 1 saturated carbocycles.